The van der Waals surface area contributed by atoms with Crippen LogP contribution in [0.4, 0.5) is 11.5 Å². The molecule has 1 aromatic heterocycles. The summed E-state index contributed by atoms with van der Waals surface area (Å²) in [5.74, 6) is 0.298. The van der Waals surface area contributed by atoms with Gasteiger partial charge in [-0.1, -0.05) is 63.5 Å². The van der Waals surface area contributed by atoms with E-state index in [1.54, 1.807) is 0 Å². The van der Waals surface area contributed by atoms with Crippen molar-refractivity contribution in [2.45, 2.75) is 58.3 Å². The molecule has 0 amide bonds. The molecule has 1 N–H and O–H groups in total. The standard InChI is InChI=1S/C15H24ClN3O2/c1-2-3-4-5-6-7-8-9-10-17-15-14(19(20)21)11-13(16)12-18-15/h11-12H,2-10H2,1H3,(H,17,18). The number of hydrogen-bond donors (Lipinski definition) is 1. The zero-order chi connectivity index (χ0) is 15.5. The predicted octanol–water partition coefficient (Wildman–Crippen LogP) is 5.20. The van der Waals surface area contributed by atoms with Gasteiger partial charge in [-0.15, -0.1) is 0 Å². The molecule has 0 aliphatic carbocycles. The minimum atomic E-state index is -0.463. The van der Waals surface area contributed by atoms with E-state index in [-0.39, 0.29) is 10.7 Å². The van der Waals surface area contributed by atoms with E-state index in [9.17, 15) is 10.1 Å². The number of pyridine rings is 1. The summed E-state index contributed by atoms with van der Waals surface area (Å²) in [6, 6.07) is 1.32. The van der Waals surface area contributed by atoms with E-state index in [4.69, 9.17) is 11.6 Å². The van der Waals surface area contributed by atoms with Crippen molar-refractivity contribution in [2.75, 3.05) is 11.9 Å². The largest absolute Gasteiger partial charge is 0.364 e. The molecule has 0 bridgehead atoms. The predicted molar refractivity (Wildman–Crippen MR) is 87.0 cm³/mol. The molecule has 1 aromatic rings. The zero-order valence-corrected chi connectivity index (χ0v) is 13.4. The zero-order valence-electron chi connectivity index (χ0n) is 12.6. The number of aromatic nitrogens is 1. The van der Waals surface area contributed by atoms with Gasteiger partial charge in [-0.25, -0.2) is 4.98 Å². The minimum Gasteiger partial charge on any atom is -0.364 e. The third kappa shape index (κ3) is 7.27. The average Bonchev–Trinajstić information content (AvgIpc) is 2.46. The Labute approximate surface area is 131 Å². The first-order valence-electron chi connectivity index (χ1n) is 7.69. The van der Waals surface area contributed by atoms with Gasteiger partial charge in [-0.3, -0.25) is 10.1 Å². The van der Waals surface area contributed by atoms with Crippen molar-refractivity contribution in [3.05, 3.63) is 27.4 Å². The van der Waals surface area contributed by atoms with Gasteiger partial charge in [0.2, 0.25) is 5.82 Å². The van der Waals surface area contributed by atoms with Crippen LogP contribution in [0.5, 0.6) is 0 Å². The highest BCUT2D eigenvalue weighted by molar-refractivity contribution is 6.30. The van der Waals surface area contributed by atoms with E-state index < -0.39 is 4.92 Å². The fraction of sp³-hybridized carbons (Fsp3) is 0.667. The van der Waals surface area contributed by atoms with Crippen molar-refractivity contribution < 1.29 is 4.92 Å². The Hall–Kier alpha value is -1.36. The maximum atomic E-state index is 10.9. The van der Waals surface area contributed by atoms with Crippen LogP contribution in [0.25, 0.3) is 0 Å². The van der Waals surface area contributed by atoms with Gasteiger partial charge in [0.1, 0.15) is 0 Å². The molecule has 0 aliphatic heterocycles. The fourth-order valence-corrected chi connectivity index (χ4v) is 2.32. The molecule has 0 radical (unpaired) electrons. The van der Waals surface area contributed by atoms with Crippen molar-refractivity contribution in [3.8, 4) is 0 Å². The van der Waals surface area contributed by atoms with Crippen LogP contribution in [0.3, 0.4) is 0 Å². The van der Waals surface area contributed by atoms with E-state index in [2.05, 4.69) is 17.2 Å². The molecule has 0 saturated carbocycles. The molecule has 0 aromatic carbocycles. The Morgan fingerprint density at radius 2 is 1.81 bits per heavy atom. The molecular weight excluding hydrogens is 290 g/mol. The first kappa shape index (κ1) is 17.7. The summed E-state index contributed by atoms with van der Waals surface area (Å²) < 4.78 is 0. The topological polar surface area (TPSA) is 68.1 Å². The quantitative estimate of drug-likeness (QED) is 0.346. The second-order valence-corrected chi connectivity index (χ2v) is 5.62. The van der Waals surface area contributed by atoms with Gasteiger partial charge in [0, 0.05) is 18.8 Å². The van der Waals surface area contributed by atoms with E-state index in [1.165, 1.54) is 50.8 Å². The summed E-state index contributed by atoms with van der Waals surface area (Å²) in [6.07, 6.45) is 11.3. The lowest BCUT2D eigenvalue weighted by Crippen LogP contribution is -2.06. The van der Waals surface area contributed by atoms with Crippen LogP contribution in [-0.2, 0) is 0 Å². The fourth-order valence-electron chi connectivity index (χ4n) is 2.17. The van der Waals surface area contributed by atoms with Gasteiger partial charge in [0.25, 0.3) is 0 Å². The second-order valence-electron chi connectivity index (χ2n) is 5.18. The van der Waals surface area contributed by atoms with E-state index >= 15 is 0 Å². The van der Waals surface area contributed by atoms with E-state index in [0.29, 0.717) is 12.4 Å². The first-order chi connectivity index (χ1) is 10.1. The number of anilines is 1. The van der Waals surface area contributed by atoms with Crippen LogP contribution in [0.15, 0.2) is 12.3 Å². The maximum absolute atomic E-state index is 10.9. The molecule has 0 spiro atoms. The molecule has 1 rings (SSSR count). The lowest BCUT2D eigenvalue weighted by molar-refractivity contribution is -0.384. The number of halogens is 1. The summed E-state index contributed by atoms with van der Waals surface area (Å²) in [6.45, 7) is 2.92. The van der Waals surface area contributed by atoms with E-state index in [0.717, 1.165) is 12.8 Å². The summed E-state index contributed by atoms with van der Waals surface area (Å²) in [5.41, 5.74) is -0.0675. The van der Waals surface area contributed by atoms with Gasteiger partial charge >= 0.3 is 5.69 Å². The minimum absolute atomic E-state index is 0.0675. The van der Waals surface area contributed by atoms with Crippen LogP contribution in [0, 0.1) is 10.1 Å². The van der Waals surface area contributed by atoms with E-state index in [1.807, 2.05) is 0 Å². The van der Waals surface area contributed by atoms with Crippen molar-refractivity contribution in [3.63, 3.8) is 0 Å². The normalized spacial score (nSPS) is 10.6. The van der Waals surface area contributed by atoms with Crippen molar-refractivity contribution in [1.82, 2.24) is 4.98 Å². The van der Waals surface area contributed by atoms with Gasteiger partial charge in [-0.05, 0) is 6.42 Å². The smallest absolute Gasteiger partial charge is 0.312 e. The molecule has 0 aliphatic rings. The van der Waals surface area contributed by atoms with Crippen LogP contribution in [0.1, 0.15) is 58.3 Å². The summed E-state index contributed by atoms with van der Waals surface area (Å²) >= 11 is 5.72. The third-order valence-electron chi connectivity index (χ3n) is 3.35. The van der Waals surface area contributed by atoms with Crippen molar-refractivity contribution in [2.24, 2.45) is 0 Å². The molecular formula is C15H24ClN3O2. The van der Waals surface area contributed by atoms with Gasteiger partial charge < -0.3 is 5.32 Å². The number of rotatable bonds is 11. The average molecular weight is 314 g/mol. The Kier molecular flexibility index (Phi) is 8.74. The Morgan fingerprint density at radius 3 is 2.43 bits per heavy atom. The number of nitro groups is 1. The van der Waals surface area contributed by atoms with Crippen LogP contribution >= 0.6 is 11.6 Å². The van der Waals surface area contributed by atoms with Crippen molar-refractivity contribution >= 4 is 23.1 Å². The molecule has 21 heavy (non-hydrogen) atoms. The van der Waals surface area contributed by atoms with Crippen LogP contribution < -0.4 is 5.32 Å². The molecule has 118 valence electrons. The molecule has 0 saturated heterocycles. The lowest BCUT2D eigenvalue weighted by atomic mass is 10.1. The number of nitrogens with zero attached hydrogens (tertiary/aromatic N) is 2. The summed E-state index contributed by atoms with van der Waals surface area (Å²) in [7, 11) is 0. The monoisotopic (exact) mass is 313 g/mol. The van der Waals surface area contributed by atoms with Crippen LogP contribution in [0.2, 0.25) is 5.02 Å². The highest BCUT2D eigenvalue weighted by Crippen LogP contribution is 2.24. The van der Waals surface area contributed by atoms with Gasteiger partial charge in [-0.2, -0.15) is 0 Å². The molecule has 5 nitrogen and oxygen atoms in total. The summed E-state index contributed by atoms with van der Waals surface area (Å²) in [4.78, 5) is 14.4. The number of hydrogen-bond acceptors (Lipinski definition) is 4. The summed E-state index contributed by atoms with van der Waals surface area (Å²) in [5, 5.41) is 14.2. The highest BCUT2D eigenvalue weighted by Gasteiger charge is 2.15. The number of unbranched alkanes of at least 4 members (excludes halogenated alkanes) is 7. The highest BCUT2D eigenvalue weighted by atomic mass is 35.5. The van der Waals surface area contributed by atoms with Crippen molar-refractivity contribution in [1.29, 1.82) is 0 Å². The Morgan fingerprint density at radius 1 is 1.19 bits per heavy atom. The Bertz CT molecular complexity index is 441. The van der Waals surface area contributed by atoms with Gasteiger partial charge in [0.15, 0.2) is 0 Å². The Balaban J connectivity index is 2.20. The second kappa shape index (κ2) is 10.4. The lowest BCUT2D eigenvalue weighted by Gasteiger charge is -2.06. The molecule has 6 heteroatoms. The SMILES string of the molecule is CCCCCCCCCCNc1ncc(Cl)cc1[N+](=O)[O-]. The number of nitrogens with one attached hydrogen (secondary N) is 1. The van der Waals surface area contributed by atoms with Crippen LogP contribution in [-0.4, -0.2) is 16.5 Å². The maximum Gasteiger partial charge on any atom is 0.312 e. The molecule has 0 fully saturated rings. The first-order valence-corrected chi connectivity index (χ1v) is 8.06. The third-order valence-corrected chi connectivity index (χ3v) is 3.56. The molecule has 1 heterocycles. The molecule has 0 unspecified atom stereocenters. The van der Waals surface area contributed by atoms with Gasteiger partial charge in [0.05, 0.1) is 9.95 Å². The molecule has 0 atom stereocenters.